The van der Waals surface area contributed by atoms with Gasteiger partial charge in [-0.15, -0.1) is 11.3 Å². The van der Waals surface area contributed by atoms with E-state index in [9.17, 15) is 4.79 Å². The van der Waals surface area contributed by atoms with Gasteiger partial charge in [-0.25, -0.2) is 4.79 Å². The number of methoxy groups -OCH3 is 1. The molecule has 0 spiro atoms. The van der Waals surface area contributed by atoms with E-state index in [1.807, 2.05) is 6.07 Å². The zero-order valence-corrected chi connectivity index (χ0v) is 10.5. The maximum atomic E-state index is 11.4. The molecular formula is C12H15NO2S. The number of aryl methyl sites for hydroxylation is 2. The molecule has 2 aromatic heterocycles. The number of thiophene rings is 1. The highest BCUT2D eigenvalue weighted by molar-refractivity contribution is 7.20. The minimum absolute atomic E-state index is 0.255. The zero-order valence-electron chi connectivity index (χ0n) is 9.72. The molecule has 0 saturated carbocycles. The summed E-state index contributed by atoms with van der Waals surface area (Å²) in [5, 5.41) is 1.17. The van der Waals surface area contributed by atoms with Gasteiger partial charge in [-0.2, -0.15) is 0 Å². The van der Waals surface area contributed by atoms with E-state index in [0.29, 0.717) is 4.88 Å². The predicted octanol–water partition coefficient (Wildman–Crippen LogP) is 3.28. The number of aromatic amines is 1. The molecule has 0 aliphatic heterocycles. The highest BCUT2D eigenvalue weighted by Crippen LogP contribution is 2.31. The number of hydrogen-bond acceptors (Lipinski definition) is 3. The lowest BCUT2D eigenvalue weighted by Crippen LogP contribution is -1.97. The van der Waals surface area contributed by atoms with Crippen LogP contribution in [0.3, 0.4) is 0 Å². The van der Waals surface area contributed by atoms with Crippen LogP contribution in [0.5, 0.6) is 0 Å². The van der Waals surface area contributed by atoms with E-state index in [1.165, 1.54) is 35.1 Å². The molecule has 86 valence electrons. The average Bonchev–Trinajstić information content (AvgIpc) is 2.78. The fourth-order valence-corrected chi connectivity index (χ4v) is 2.99. The monoisotopic (exact) mass is 237 g/mol. The van der Waals surface area contributed by atoms with Gasteiger partial charge >= 0.3 is 5.97 Å². The Kier molecular flexibility index (Phi) is 3.01. The molecule has 2 heterocycles. The number of carbonyl (C=O) groups excluding carboxylic acids is 1. The molecule has 16 heavy (non-hydrogen) atoms. The molecule has 2 aromatic rings. The number of rotatable bonds is 3. The van der Waals surface area contributed by atoms with E-state index in [1.54, 1.807) is 0 Å². The molecule has 0 saturated heterocycles. The zero-order chi connectivity index (χ0) is 11.7. The van der Waals surface area contributed by atoms with Crippen molar-refractivity contribution in [3.63, 3.8) is 0 Å². The van der Waals surface area contributed by atoms with Crippen molar-refractivity contribution in [1.29, 1.82) is 0 Å². The number of ether oxygens (including phenoxy) is 1. The fourth-order valence-electron chi connectivity index (χ4n) is 1.93. The third-order valence-electron chi connectivity index (χ3n) is 2.70. The summed E-state index contributed by atoms with van der Waals surface area (Å²) >= 11 is 1.46. The lowest BCUT2D eigenvalue weighted by molar-refractivity contribution is 0.0606. The maximum Gasteiger partial charge on any atom is 0.348 e. The standard InChI is InChI=1S/C12H15NO2S/c1-4-5-8-7(2)13-11-9(8)6-10(16-11)12(14)15-3/h6,13H,4-5H2,1-3H3. The van der Waals surface area contributed by atoms with E-state index < -0.39 is 0 Å². The highest BCUT2D eigenvalue weighted by Gasteiger charge is 2.15. The minimum Gasteiger partial charge on any atom is -0.465 e. The van der Waals surface area contributed by atoms with Crippen LogP contribution in [-0.2, 0) is 11.2 Å². The molecule has 0 fully saturated rings. The van der Waals surface area contributed by atoms with E-state index in [2.05, 4.69) is 18.8 Å². The average molecular weight is 237 g/mol. The Balaban J connectivity index is 2.50. The van der Waals surface area contributed by atoms with Crippen molar-refractivity contribution >= 4 is 27.5 Å². The molecule has 2 rings (SSSR count). The molecule has 0 atom stereocenters. The number of esters is 1. The van der Waals surface area contributed by atoms with Crippen LogP contribution < -0.4 is 0 Å². The van der Waals surface area contributed by atoms with Crippen LogP contribution in [0, 0.1) is 6.92 Å². The van der Waals surface area contributed by atoms with Crippen molar-refractivity contribution < 1.29 is 9.53 Å². The van der Waals surface area contributed by atoms with Crippen molar-refractivity contribution in [3.05, 3.63) is 22.2 Å². The molecule has 1 N–H and O–H groups in total. The van der Waals surface area contributed by atoms with Gasteiger partial charge in [0.15, 0.2) is 0 Å². The maximum absolute atomic E-state index is 11.4. The number of aromatic nitrogens is 1. The summed E-state index contributed by atoms with van der Waals surface area (Å²) in [6, 6.07) is 1.93. The molecule has 0 unspecified atom stereocenters. The van der Waals surface area contributed by atoms with Gasteiger partial charge in [0.25, 0.3) is 0 Å². The van der Waals surface area contributed by atoms with Gasteiger partial charge in [0.2, 0.25) is 0 Å². The van der Waals surface area contributed by atoms with E-state index in [-0.39, 0.29) is 5.97 Å². The van der Waals surface area contributed by atoms with Crippen molar-refractivity contribution in [2.75, 3.05) is 7.11 Å². The Hall–Kier alpha value is -1.29. The second-order valence-electron chi connectivity index (χ2n) is 3.82. The quantitative estimate of drug-likeness (QED) is 0.832. The van der Waals surface area contributed by atoms with Crippen molar-refractivity contribution in [3.8, 4) is 0 Å². The molecule has 0 aromatic carbocycles. The van der Waals surface area contributed by atoms with Crippen LogP contribution in [0.4, 0.5) is 0 Å². The lowest BCUT2D eigenvalue weighted by atomic mass is 10.1. The summed E-state index contributed by atoms with van der Waals surface area (Å²) in [5.41, 5.74) is 2.53. The Bertz CT molecular complexity index is 524. The third-order valence-corrected chi connectivity index (χ3v) is 3.73. The number of carbonyl (C=O) groups is 1. The number of fused-ring (bicyclic) bond motifs is 1. The molecule has 0 bridgehead atoms. The Morgan fingerprint density at radius 2 is 2.31 bits per heavy atom. The first-order chi connectivity index (χ1) is 7.67. The topological polar surface area (TPSA) is 42.1 Å². The third kappa shape index (κ3) is 1.73. The molecule has 0 aliphatic rings. The largest absolute Gasteiger partial charge is 0.465 e. The second kappa shape index (κ2) is 4.29. The smallest absolute Gasteiger partial charge is 0.348 e. The van der Waals surface area contributed by atoms with Gasteiger partial charge < -0.3 is 9.72 Å². The Morgan fingerprint density at radius 3 is 2.94 bits per heavy atom. The van der Waals surface area contributed by atoms with Gasteiger partial charge in [0, 0.05) is 11.1 Å². The Morgan fingerprint density at radius 1 is 1.56 bits per heavy atom. The van der Waals surface area contributed by atoms with E-state index >= 15 is 0 Å². The molecule has 4 heteroatoms. The van der Waals surface area contributed by atoms with Gasteiger partial charge in [-0.1, -0.05) is 13.3 Å². The normalized spacial score (nSPS) is 10.9. The van der Waals surface area contributed by atoms with Gasteiger partial charge in [0.05, 0.1) is 7.11 Å². The first-order valence-electron chi connectivity index (χ1n) is 5.36. The van der Waals surface area contributed by atoms with Crippen LogP contribution in [-0.4, -0.2) is 18.1 Å². The number of H-pyrrole nitrogens is 1. The van der Waals surface area contributed by atoms with Gasteiger partial charge in [-0.3, -0.25) is 0 Å². The summed E-state index contributed by atoms with van der Waals surface area (Å²) in [6.07, 6.45) is 2.15. The molecule has 0 aliphatic carbocycles. The Labute approximate surface area is 98.4 Å². The second-order valence-corrected chi connectivity index (χ2v) is 4.88. The summed E-state index contributed by atoms with van der Waals surface area (Å²) in [4.78, 5) is 16.5. The molecule has 0 radical (unpaired) electrons. The lowest BCUT2D eigenvalue weighted by Gasteiger charge is -1.96. The molecular weight excluding hydrogens is 222 g/mol. The van der Waals surface area contributed by atoms with Crippen molar-refractivity contribution in [2.24, 2.45) is 0 Å². The first-order valence-corrected chi connectivity index (χ1v) is 6.18. The van der Waals surface area contributed by atoms with Crippen molar-refractivity contribution in [1.82, 2.24) is 4.98 Å². The highest BCUT2D eigenvalue weighted by atomic mass is 32.1. The van der Waals surface area contributed by atoms with Crippen molar-refractivity contribution in [2.45, 2.75) is 26.7 Å². The van der Waals surface area contributed by atoms with Crippen LogP contribution in [0.25, 0.3) is 10.2 Å². The van der Waals surface area contributed by atoms with Crippen LogP contribution in [0.1, 0.15) is 34.3 Å². The van der Waals surface area contributed by atoms with Gasteiger partial charge in [-0.05, 0) is 25.0 Å². The van der Waals surface area contributed by atoms with Gasteiger partial charge in [0.1, 0.15) is 9.71 Å². The van der Waals surface area contributed by atoms with E-state index in [4.69, 9.17) is 4.74 Å². The fraction of sp³-hybridized carbons (Fsp3) is 0.417. The summed E-state index contributed by atoms with van der Waals surface area (Å²) in [6.45, 7) is 4.24. The predicted molar refractivity (Wildman–Crippen MR) is 66.2 cm³/mol. The molecule has 0 amide bonds. The van der Waals surface area contributed by atoms with Crippen LogP contribution in [0.2, 0.25) is 0 Å². The number of nitrogens with one attached hydrogen (secondary N) is 1. The summed E-state index contributed by atoms with van der Waals surface area (Å²) in [5.74, 6) is -0.255. The minimum atomic E-state index is -0.255. The van der Waals surface area contributed by atoms with Crippen LogP contribution >= 0.6 is 11.3 Å². The SMILES string of the molecule is CCCc1c(C)[nH]c2sc(C(=O)OC)cc12. The van der Waals surface area contributed by atoms with Crippen LogP contribution in [0.15, 0.2) is 6.07 Å². The summed E-state index contributed by atoms with van der Waals surface area (Å²) in [7, 11) is 1.41. The van der Waals surface area contributed by atoms with E-state index in [0.717, 1.165) is 17.7 Å². The molecule has 3 nitrogen and oxygen atoms in total. The summed E-state index contributed by atoms with van der Waals surface area (Å²) < 4.78 is 4.72. The first kappa shape index (κ1) is 11.2. The number of hydrogen-bond donors (Lipinski definition) is 1.